The van der Waals surface area contributed by atoms with Crippen LogP contribution in [0.3, 0.4) is 0 Å². The van der Waals surface area contributed by atoms with E-state index in [1.165, 1.54) is 12.7 Å². The van der Waals surface area contributed by atoms with Crippen molar-refractivity contribution in [3.05, 3.63) is 54.1 Å². The number of methoxy groups -OCH3 is 1. The number of hydrogen-bond donors (Lipinski definition) is 3. The van der Waals surface area contributed by atoms with Gasteiger partial charge < -0.3 is 20.3 Å². The SMILES string of the molecule is COC(=O)CNC(=S)N1CCC(C2NC(C(=O)Nc3ccccc3-c3ccc(C)cc3)CS2)CC1. The number of amides is 1. The number of aryl methyl sites for hydroxylation is 1. The number of hydrogen-bond acceptors (Lipinski definition) is 6. The Kier molecular flexibility index (Phi) is 8.64. The maximum atomic E-state index is 13.1. The molecule has 3 N–H and O–H groups in total. The molecule has 1 amide bonds. The second-order valence-corrected chi connectivity index (χ2v) is 10.5. The van der Waals surface area contributed by atoms with Crippen molar-refractivity contribution in [1.29, 1.82) is 0 Å². The summed E-state index contributed by atoms with van der Waals surface area (Å²) in [7, 11) is 1.36. The lowest BCUT2D eigenvalue weighted by atomic mass is 9.96. The van der Waals surface area contributed by atoms with Gasteiger partial charge in [-0.1, -0.05) is 48.0 Å². The number of carbonyl (C=O) groups excluding carboxylic acids is 2. The second kappa shape index (κ2) is 11.9. The zero-order chi connectivity index (χ0) is 24.8. The molecule has 2 atom stereocenters. The van der Waals surface area contributed by atoms with Gasteiger partial charge in [0, 0.05) is 30.1 Å². The fraction of sp³-hybridized carbons (Fsp3) is 0.423. The average molecular weight is 513 g/mol. The number of rotatable bonds is 6. The van der Waals surface area contributed by atoms with Gasteiger partial charge in [0.05, 0.1) is 18.5 Å². The Balaban J connectivity index is 1.28. The first-order valence-corrected chi connectivity index (χ1v) is 13.3. The highest BCUT2D eigenvalue weighted by Gasteiger charge is 2.36. The zero-order valence-electron chi connectivity index (χ0n) is 20.1. The summed E-state index contributed by atoms with van der Waals surface area (Å²) in [4.78, 5) is 26.5. The van der Waals surface area contributed by atoms with E-state index in [4.69, 9.17) is 12.2 Å². The molecule has 2 aliphatic rings. The van der Waals surface area contributed by atoms with Gasteiger partial charge in [-0.25, -0.2) is 0 Å². The second-order valence-electron chi connectivity index (χ2n) is 8.93. The quantitative estimate of drug-likeness (QED) is 0.401. The van der Waals surface area contributed by atoms with Crippen molar-refractivity contribution in [3.8, 4) is 11.1 Å². The number of ether oxygens (including phenoxy) is 1. The van der Waals surface area contributed by atoms with Crippen molar-refractivity contribution >= 4 is 46.7 Å². The smallest absolute Gasteiger partial charge is 0.325 e. The molecule has 35 heavy (non-hydrogen) atoms. The normalized spacial score (nSPS) is 20.3. The third-order valence-electron chi connectivity index (χ3n) is 6.54. The van der Waals surface area contributed by atoms with E-state index in [-0.39, 0.29) is 29.8 Å². The van der Waals surface area contributed by atoms with E-state index >= 15 is 0 Å². The van der Waals surface area contributed by atoms with Crippen molar-refractivity contribution in [1.82, 2.24) is 15.5 Å². The van der Waals surface area contributed by atoms with Crippen LogP contribution in [0.15, 0.2) is 48.5 Å². The first-order chi connectivity index (χ1) is 16.9. The molecule has 2 saturated heterocycles. The Morgan fingerprint density at radius 2 is 1.86 bits per heavy atom. The molecule has 4 rings (SSSR count). The van der Waals surface area contributed by atoms with Crippen molar-refractivity contribution in [2.45, 2.75) is 31.2 Å². The largest absolute Gasteiger partial charge is 0.468 e. The van der Waals surface area contributed by atoms with Crippen molar-refractivity contribution in [2.75, 3.05) is 37.8 Å². The lowest BCUT2D eigenvalue weighted by molar-refractivity contribution is -0.139. The number of nitrogens with one attached hydrogen (secondary N) is 3. The van der Waals surface area contributed by atoms with Crippen molar-refractivity contribution < 1.29 is 14.3 Å². The Morgan fingerprint density at radius 1 is 1.14 bits per heavy atom. The molecule has 0 saturated carbocycles. The van der Waals surface area contributed by atoms with Gasteiger partial charge in [0.15, 0.2) is 5.11 Å². The topological polar surface area (TPSA) is 82.7 Å². The van der Waals surface area contributed by atoms with E-state index < -0.39 is 0 Å². The van der Waals surface area contributed by atoms with Crippen LogP contribution in [0.1, 0.15) is 18.4 Å². The van der Waals surface area contributed by atoms with Crippen LogP contribution in [0.5, 0.6) is 0 Å². The average Bonchev–Trinajstić information content (AvgIpc) is 3.39. The number of benzene rings is 2. The summed E-state index contributed by atoms with van der Waals surface area (Å²) in [5.41, 5.74) is 4.15. The number of thioether (sulfide) groups is 1. The number of carbonyl (C=O) groups is 2. The fourth-order valence-corrected chi connectivity index (χ4v) is 6.16. The molecule has 2 heterocycles. The fourth-order valence-electron chi connectivity index (χ4n) is 4.45. The van der Waals surface area contributed by atoms with Crippen LogP contribution in [0.4, 0.5) is 5.69 Å². The molecule has 9 heteroatoms. The molecule has 2 aromatic rings. The summed E-state index contributed by atoms with van der Waals surface area (Å²) in [6, 6.07) is 16.1. The van der Waals surface area contributed by atoms with Gasteiger partial charge >= 0.3 is 5.97 Å². The van der Waals surface area contributed by atoms with Crippen LogP contribution in [0.25, 0.3) is 11.1 Å². The van der Waals surface area contributed by atoms with Crippen LogP contribution >= 0.6 is 24.0 Å². The van der Waals surface area contributed by atoms with E-state index in [0.717, 1.165) is 48.5 Å². The molecule has 7 nitrogen and oxygen atoms in total. The van der Waals surface area contributed by atoms with E-state index in [0.29, 0.717) is 11.0 Å². The van der Waals surface area contributed by atoms with Gasteiger partial charge in [-0.05, 0) is 49.5 Å². The van der Waals surface area contributed by atoms with Crippen LogP contribution in [-0.4, -0.2) is 65.8 Å². The third kappa shape index (κ3) is 6.54. The summed E-state index contributed by atoms with van der Waals surface area (Å²) in [5.74, 6) is 0.893. The standard InChI is InChI=1S/C26H32N4O3S2/c1-17-7-9-18(10-8-17)20-5-3-4-6-21(20)28-24(32)22-16-35-25(29-22)19-11-13-30(14-12-19)26(34)27-15-23(31)33-2/h3-10,19,22,25,29H,11-16H2,1-2H3,(H,27,34)(H,28,32). The van der Waals surface area contributed by atoms with Crippen LogP contribution in [-0.2, 0) is 14.3 Å². The minimum Gasteiger partial charge on any atom is -0.468 e. The van der Waals surface area contributed by atoms with Gasteiger partial charge in [-0.15, -0.1) is 11.8 Å². The van der Waals surface area contributed by atoms with E-state index in [1.54, 1.807) is 0 Å². The summed E-state index contributed by atoms with van der Waals surface area (Å²) in [6.45, 7) is 3.81. The highest BCUT2D eigenvalue weighted by Crippen LogP contribution is 2.33. The van der Waals surface area contributed by atoms with E-state index in [1.807, 2.05) is 36.0 Å². The Hall–Kier alpha value is -2.62. The number of para-hydroxylation sites is 1. The number of thiocarbonyl (C=S) groups is 1. The molecule has 186 valence electrons. The molecular weight excluding hydrogens is 480 g/mol. The van der Waals surface area contributed by atoms with Gasteiger partial charge in [-0.3, -0.25) is 14.9 Å². The molecule has 2 fully saturated rings. The predicted octanol–water partition coefficient (Wildman–Crippen LogP) is 3.39. The maximum Gasteiger partial charge on any atom is 0.325 e. The van der Waals surface area contributed by atoms with Crippen LogP contribution < -0.4 is 16.0 Å². The lowest BCUT2D eigenvalue weighted by Gasteiger charge is -2.36. The molecule has 2 unspecified atom stereocenters. The molecule has 2 aromatic carbocycles. The Bertz CT molecular complexity index is 1050. The number of esters is 1. The minimum atomic E-state index is -0.334. The van der Waals surface area contributed by atoms with Gasteiger partial charge in [0.2, 0.25) is 5.91 Å². The third-order valence-corrected chi connectivity index (χ3v) is 8.35. The molecular formula is C26H32N4O3S2. The minimum absolute atomic E-state index is 0.00480. The first kappa shape index (κ1) is 25.5. The highest BCUT2D eigenvalue weighted by molar-refractivity contribution is 8.00. The van der Waals surface area contributed by atoms with Crippen LogP contribution in [0.2, 0.25) is 0 Å². The van der Waals surface area contributed by atoms with Crippen molar-refractivity contribution in [2.24, 2.45) is 5.92 Å². The number of nitrogens with zero attached hydrogens (tertiary/aromatic N) is 1. The maximum absolute atomic E-state index is 13.1. The van der Waals surface area contributed by atoms with Gasteiger partial charge in [0.1, 0.15) is 6.54 Å². The summed E-state index contributed by atoms with van der Waals surface area (Å²) in [5, 5.41) is 10.5. The van der Waals surface area contributed by atoms with Gasteiger partial charge in [0.25, 0.3) is 0 Å². The molecule has 0 aliphatic carbocycles. The molecule has 0 radical (unpaired) electrons. The van der Waals surface area contributed by atoms with E-state index in [2.05, 4.69) is 56.8 Å². The highest BCUT2D eigenvalue weighted by atomic mass is 32.2. The summed E-state index contributed by atoms with van der Waals surface area (Å²) < 4.78 is 4.65. The Labute approximate surface area is 216 Å². The van der Waals surface area contributed by atoms with Crippen molar-refractivity contribution in [3.63, 3.8) is 0 Å². The summed E-state index contributed by atoms with van der Waals surface area (Å²) in [6.07, 6.45) is 1.96. The monoisotopic (exact) mass is 512 g/mol. The molecule has 2 aliphatic heterocycles. The number of piperidine rings is 1. The first-order valence-electron chi connectivity index (χ1n) is 11.9. The van der Waals surface area contributed by atoms with Crippen LogP contribution in [0, 0.1) is 12.8 Å². The number of anilines is 1. The van der Waals surface area contributed by atoms with Gasteiger partial charge in [-0.2, -0.15) is 0 Å². The zero-order valence-corrected chi connectivity index (χ0v) is 21.7. The number of likely N-dealkylation sites (tertiary alicyclic amines) is 1. The summed E-state index contributed by atoms with van der Waals surface area (Å²) >= 11 is 7.24. The molecule has 0 spiro atoms. The molecule has 0 bridgehead atoms. The lowest BCUT2D eigenvalue weighted by Crippen LogP contribution is -2.49. The Morgan fingerprint density at radius 3 is 2.57 bits per heavy atom. The predicted molar refractivity (Wildman–Crippen MR) is 145 cm³/mol. The van der Waals surface area contributed by atoms with E-state index in [9.17, 15) is 9.59 Å². The molecule has 0 aromatic heterocycles.